The molecule has 0 spiro atoms. The van der Waals surface area contributed by atoms with E-state index in [-0.39, 0.29) is 0 Å². The average molecular weight is 280 g/mol. The van der Waals surface area contributed by atoms with E-state index in [4.69, 9.17) is 11.6 Å². The predicted molar refractivity (Wildman–Crippen MR) is 80.4 cm³/mol. The second-order valence-electron chi connectivity index (χ2n) is 4.54. The van der Waals surface area contributed by atoms with Crippen LogP contribution in [0.4, 0.5) is 0 Å². The van der Waals surface area contributed by atoms with Gasteiger partial charge in [-0.25, -0.2) is 0 Å². The molecule has 2 rings (SSSR count). The Kier molecular flexibility index (Phi) is 5.24. The molecule has 2 aromatic rings. The molecule has 1 aromatic carbocycles. The van der Waals surface area contributed by atoms with E-state index in [0.717, 1.165) is 24.4 Å². The molecule has 96 valence electrons. The molecule has 1 atom stereocenters. The molecule has 0 amide bonds. The van der Waals surface area contributed by atoms with Gasteiger partial charge in [0, 0.05) is 22.8 Å². The summed E-state index contributed by atoms with van der Waals surface area (Å²) in [5.74, 6) is 0. The Hall–Kier alpha value is -0.830. The van der Waals surface area contributed by atoms with Crippen LogP contribution in [0.5, 0.6) is 0 Å². The average Bonchev–Trinajstić information content (AvgIpc) is 2.81. The first-order valence-electron chi connectivity index (χ1n) is 6.24. The Morgan fingerprint density at radius 2 is 2.06 bits per heavy atom. The topological polar surface area (TPSA) is 12.0 Å². The molecule has 1 nitrogen and oxygen atoms in total. The Morgan fingerprint density at radius 3 is 2.72 bits per heavy atom. The smallest absolute Gasteiger partial charge is 0.0516 e. The van der Waals surface area contributed by atoms with E-state index >= 15 is 0 Å². The van der Waals surface area contributed by atoms with Crippen molar-refractivity contribution in [2.75, 3.05) is 0 Å². The monoisotopic (exact) mass is 279 g/mol. The van der Waals surface area contributed by atoms with Gasteiger partial charge in [-0.15, -0.1) is 11.3 Å². The molecular formula is C15H18ClNS. The van der Waals surface area contributed by atoms with Crippen LogP contribution in [-0.4, -0.2) is 6.04 Å². The van der Waals surface area contributed by atoms with Gasteiger partial charge < -0.3 is 5.32 Å². The molecule has 0 aliphatic heterocycles. The minimum atomic E-state index is 0.520. The first-order valence-corrected chi connectivity index (χ1v) is 7.50. The van der Waals surface area contributed by atoms with Crippen molar-refractivity contribution >= 4 is 22.9 Å². The van der Waals surface area contributed by atoms with E-state index in [1.54, 1.807) is 11.3 Å². The highest BCUT2D eigenvalue weighted by molar-refractivity contribution is 7.10. The van der Waals surface area contributed by atoms with Gasteiger partial charge in [-0.1, -0.05) is 41.9 Å². The van der Waals surface area contributed by atoms with Gasteiger partial charge in [0.25, 0.3) is 0 Å². The van der Waals surface area contributed by atoms with Crippen molar-refractivity contribution in [3.63, 3.8) is 0 Å². The van der Waals surface area contributed by atoms with Gasteiger partial charge in [-0.05, 0) is 31.4 Å². The fourth-order valence-electron chi connectivity index (χ4n) is 1.85. The van der Waals surface area contributed by atoms with Gasteiger partial charge in [-0.3, -0.25) is 0 Å². The van der Waals surface area contributed by atoms with Crippen LogP contribution < -0.4 is 5.32 Å². The standard InChI is InChI=1S/C15H18ClNS/c1-12(7-8-13-5-3-2-4-6-13)17-10-15-9-14(16)11-18-15/h2-6,9,11-12,17H,7-8,10H2,1H3. The van der Waals surface area contributed by atoms with Gasteiger partial charge in [-0.2, -0.15) is 0 Å². The summed E-state index contributed by atoms with van der Waals surface area (Å²) in [6.07, 6.45) is 2.28. The Balaban J connectivity index is 1.71. The first-order chi connectivity index (χ1) is 8.74. The maximum absolute atomic E-state index is 5.90. The van der Waals surface area contributed by atoms with Crippen LogP contribution in [0.3, 0.4) is 0 Å². The molecular weight excluding hydrogens is 262 g/mol. The molecule has 0 aliphatic carbocycles. The van der Waals surface area contributed by atoms with Crippen molar-refractivity contribution in [2.24, 2.45) is 0 Å². The van der Waals surface area contributed by atoms with Gasteiger partial charge in [0.1, 0.15) is 0 Å². The number of thiophene rings is 1. The maximum atomic E-state index is 5.90. The summed E-state index contributed by atoms with van der Waals surface area (Å²) < 4.78 is 0. The lowest BCUT2D eigenvalue weighted by Crippen LogP contribution is -2.25. The summed E-state index contributed by atoms with van der Waals surface area (Å²) in [5, 5.41) is 6.36. The fraction of sp³-hybridized carbons (Fsp3) is 0.333. The largest absolute Gasteiger partial charge is 0.309 e. The minimum absolute atomic E-state index is 0.520. The predicted octanol–water partition coefficient (Wildman–Crippen LogP) is 4.51. The summed E-state index contributed by atoms with van der Waals surface area (Å²) in [5.41, 5.74) is 1.41. The third kappa shape index (κ3) is 4.45. The zero-order valence-corrected chi connectivity index (χ0v) is 12.1. The van der Waals surface area contributed by atoms with E-state index in [1.807, 2.05) is 11.4 Å². The first kappa shape index (κ1) is 13.6. The number of nitrogens with one attached hydrogen (secondary N) is 1. The van der Waals surface area contributed by atoms with Crippen LogP contribution in [0, 0.1) is 0 Å². The van der Waals surface area contributed by atoms with Gasteiger partial charge in [0.05, 0.1) is 5.02 Å². The zero-order chi connectivity index (χ0) is 12.8. The molecule has 0 fully saturated rings. The Morgan fingerprint density at radius 1 is 1.28 bits per heavy atom. The van der Waals surface area contributed by atoms with E-state index in [9.17, 15) is 0 Å². The minimum Gasteiger partial charge on any atom is -0.309 e. The second-order valence-corrected chi connectivity index (χ2v) is 5.97. The lowest BCUT2D eigenvalue weighted by molar-refractivity contribution is 0.517. The van der Waals surface area contributed by atoms with Crippen LogP contribution in [0.2, 0.25) is 5.02 Å². The van der Waals surface area contributed by atoms with E-state index in [0.29, 0.717) is 6.04 Å². The molecule has 0 aliphatic rings. The summed E-state index contributed by atoms with van der Waals surface area (Å²) in [6, 6.07) is 13.2. The SMILES string of the molecule is CC(CCc1ccccc1)NCc1cc(Cl)cs1. The van der Waals surface area contributed by atoms with Crippen LogP contribution in [0.1, 0.15) is 23.8 Å². The molecule has 1 unspecified atom stereocenters. The van der Waals surface area contributed by atoms with E-state index in [1.165, 1.54) is 10.4 Å². The lowest BCUT2D eigenvalue weighted by Gasteiger charge is -2.12. The van der Waals surface area contributed by atoms with Crippen LogP contribution >= 0.6 is 22.9 Å². The molecule has 0 saturated carbocycles. The highest BCUT2D eigenvalue weighted by atomic mass is 35.5. The molecule has 0 bridgehead atoms. The third-order valence-electron chi connectivity index (χ3n) is 2.96. The number of halogens is 1. The Labute approximate surface area is 118 Å². The summed E-state index contributed by atoms with van der Waals surface area (Å²) in [4.78, 5) is 1.30. The van der Waals surface area contributed by atoms with Crippen molar-refractivity contribution in [3.05, 3.63) is 57.2 Å². The van der Waals surface area contributed by atoms with E-state index < -0.39 is 0 Å². The number of hydrogen-bond acceptors (Lipinski definition) is 2. The lowest BCUT2D eigenvalue weighted by atomic mass is 10.1. The second kappa shape index (κ2) is 6.93. The van der Waals surface area contributed by atoms with Crippen LogP contribution in [0.15, 0.2) is 41.8 Å². The van der Waals surface area contributed by atoms with Gasteiger partial charge in [0.15, 0.2) is 0 Å². The zero-order valence-electron chi connectivity index (χ0n) is 10.5. The normalized spacial score (nSPS) is 12.6. The number of hydrogen-bond donors (Lipinski definition) is 1. The quantitative estimate of drug-likeness (QED) is 0.820. The van der Waals surface area contributed by atoms with Crippen molar-refractivity contribution in [1.29, 1.82) is 0 Å². The van der Waals surface area contributed by atoms with Gasteiger partial charge in [0.2, 0.25) is 0 Å². The molecule has 3 heteroatoms. The fourth-order valence-corrected chi connectivity index (χ4v) is 2.87. The van der Waals surface area contributed by atoms with Crippen molar-refractivity contribution < 1.29 is 0 Å². The van der Waals surface area contributed by atoms with Crippen molar-refractivity contribution in [3.8, 4) is 0 Å². The number of benzene rings is 1. The van der Waals surface area contributed by atoms with Crippen LogP contribution in [0.25, 0.3) is 0 Å². The summed E-state index contributed by atoms with van der Waals surface area (Å²) >= 11 is 7.61. The molecule has 0 radical (unpaired) electrons. The van der Waals surface area contributed by atoms with Gasteiger partial charge >= 0.3 is 0 Å². The highest BCUT2D eigenvalue weighted by Gasteiger charge is 2.03. The highest BCUT2D eigenvalue weighted by Crippen LogP contribution is 2.19. The summed E-state index contributed by atoms with van der Waals surface area (Å²) in [6.45, 7) is 3.14. The molecule has 1 heterocycles. The number of rotatable bonds is 6. The van der Waals surface area contributed by atoms with Crippen LogP contribution in [-0.2, 0) is 13.0 Å². The third-order valence-corrected chi connectivity index (χ3v) is 4.24. The van der Waals surface area contributed by atoms with Crippen molar-refractivity contribution in [2.45, 2.75) is 32.4 Å². The number of aryl methyl sites for hydroxylation is 1. The molecule has 1 N–H and O–H groups in total. The summed E-state index contributed by atoms with van der Waals surface area (Å²) in [7, 11) is 0. The van der Waals surface area contributed by atoms with E-state index in [2.05, 4.69) is 42.6 Å². The molecule has 1 aromatic heterocycles. The molecule has 18 heavy (non-hydrogen) atoms. The molecule has 0 saturated heterocycles. The maximum Gasteiger partial charge on any atom is 0.0516 e. The van der Waals surface area contributed by atoms with Crippen molar-refractivity contribution in [1.82, 2.24) is 5.32 Å². The Bertz CT molecular complexity index is 466.